The van der Waals surface area contributed by atoms with Crippen LogP contribution in [0.2, 0.25) is 0 Å². The molecule has 0 bridgehead atoms. The first kappa shape index (κ1) is 14.8. The van der Waals surface area contributed by atoms with Crippen LogP contribution in [0.5, 0.6) is 5.75 Å². The summed E-state index contributed by atoms with van der Waals surface area (Å²) in [5.74, 6) is 0.423. The van der Waals surface area contributed by atoms with Gasteiger partial charge in [0.25, 0.3) is 0 Å². The van der Waals surface area contributed by atoms with Crippen molar-refractivity contribution in [2.45, 2.75) is 6.04 Å². The molecule has 20 heavy (non-hydrogen) atoms. The summed E-state index contributed by atoms with van der Waals surface area (Å²) in [6, 6.07) is 12.4. The fourth-order valence-corrected chi connectivity index (χ4v) is 2.21. The molecule has 5 heteroatoms. The number of hydrogen-bond donors (Lipinski definition) is 2. The number of anilines is 1. The van der Waals surface area contributed by atoms with Crippen molar-refractivity contribution < 1.29 is 9.13 Å². The van der Waals surface area contributed by atoms with E-state index in [0.717, 1.165) is 17.0 Å². The van der Waals surface area contributed by atoms with Gasteiger partial charge < -0.3 is 15.8 Å². The molecule has 0 aliphatic rings. The summed E-state index contributed by atoms with van der Waals surface area (Å²) < 4.78 is 19.3. The average molecular weight is 339 g/mol. The second kappa shape index (κ2) is 6.72. The van der Waals surface area contributed by atoms with Gasteiger partial charge in [-0.2, -0.15) is 0 Å². The predicted molar refractivity (Wildman–Crippen MR) is 82.5 cm³/mol. The Kier molecular flexibility index (Phi) is 4.98. The van der Waals surface area contributed by atoms with E-state index < -0.39 is 0 Å². The molecular weight excluding hydrogens is 323 g/mol. The number of nitrogens with two attached hydrogens (primary N) is 1. The van der Waals surface area contributed by atoms with Crippen LogP contribution in [0.25, 0.3) is 0 Å². The van der Waals surface area contributed by atoms with Gasteiger partial charge in [-0.15, -0.1) is 0 Å². The van der Waals surface area contributed by atoms with Gasteiger partial charge in [0.15, 0.2) is 0 Å². The van der Waals surface area contributed by atoms with Gasteiger partial charge in [0.2, 0.25) is 0 Å². The van der Waals surface area contributed by atoms with Gasteiger partial charge in [-0.3, -0.25) is 0 Å². The molecule has 0 spiro atoms. The van der Waals surface area contributed by atoms with Crippen molar-refractivity contribution in [1.82, 2.24) is 0 Å². The van der Waals surface area contributed by atoms with Crippen LogP contribution >= 0.6 is 15.9 Å². The minimum absolute atomic E-state index is 0.186. The molecule has 106 valence electrons. The predicted octanol–water partition coefficient (Wildman–Crippen LogP) is 3.71. The van der Waals surface area contributed by atoms with Crippen molar-refractivity contribution in [3.63, 3.8) is 0 Å². The molecule has 2 aromatic carbocycles. The van der Waals surface area contributed by atoms with Crippen LogP contribution in [0.1, 0.15) is 11.6 Å². The van der Waals surface area contributed by atoms with Crippen molar-refractivity contribution in [2.24, 2.45) is 5.73 Å². The van der Waals surface area contributed by atoms with E-state index in [0.29, 0.717) is 11.0 Å². The van der Waals surface area contributed by atoms with Crippen molar-refractivity contribution in [3.05, 3.63) is 58.3 Å². The summed E-state index contributed by atoms with van der Waals surface area (Å²) >= 11 is 3.14. The Balaban J connectivity index is 2.26. The summed E-state index contributed by atoms with van der Waals surface area (Å²) in [5, 5.41) is 3.28. The minimum atomic E-state index is -0.303. The van der Waals surface area contributed by atoms with E-state index in [2.05, 4.69) is 21.2 Å². The molecule has 0 amide bonds. The number of hydrogen-bond acceptors (Lipinski definition) is 3. The third-order valence-electron chi connectivity index (χ3n) is 3.02. The third-order valence-corrected chi connectivity index (χ3v) is 3.66. The number of benzene rings is 2. The molecule has 0 heterocycles. The maximum absolute atomic E-state index is 13.6. The summed E-state index contributed by atoms with van der Waals surface area (Å²) in [5.41, 5.74) is 7.41. The molecule has 0 aliphatic heterocycles. The van der Waals surface area contributed by atoms with Gasteiger partial charge in [-0.05, 0) is 45.8 Å². The Labute approximate surface area is 126 Å². The second-order valence-corrected chi connectivity index (χ2v) is 5.16. The summed E-state index contributed by atoms with van der Waals surface area (Å²) in [4.78, 5) is 0. The number of nitrogens with one attached hydrogen (secondary N) is 1. The normalized spacial score (nSPS) is 12.0. The zero-order valence-corrected chi connectivity index (χ0v) is 12.7. The molecule has 1 unspecified atom stereocenters. The Hall–Kier alpha value is -1.59. The first-order chi connectivity index (χ1) is 9.65. The number of halogens is 2. The molecule has 0 fully saturated rings. The lowest BCUT2D eigenvalue weighted by atomic mass is 10.1. The smallest absolute Gasteiger partial charge is 0.141 e. The maximum Gasteiger partial charge on any atom is 0.141 e. The first-order valence-corrected chi connectivity index (χ1v) is 6.99. The van der Waals surface area contributed by atoms with E-state index in [9.17, 15) is 4.39 Å². The maximum atomic E-state index is 13.6. The Bertz CT molecular complexity index is 592. The van der Waals surface area contributed by atoms with E-state index >= 15 is 0 Å². The molecule has 0 aromatic heterocycles. The molecule has 1 atom stereocenters. The van der Waals surface area contributed by atoms with Crippen LogP contribution in [0.3, 0.4) is 0 Å². The van der Waals surface area contributed by atoms with Gasteiger partial charge in [-0.1, -0.05) is 18.2 Å². The first-order valence-electron chi connectivity index (χ1n) is 6.20. The summed E-state index contributed by atoms with van der Waals surface area (Å²) in [6.07, 6.45) is 0. The molecule has 2 rings (SSSR count). The standard InChI is InChI=1S/C15H16BrFN2O/c1-20-15-5-3-2-4-13(15)19-14(9-18)10-6-7-11(16)12(17)8-10/h2-8,14,19H,9,18H2,1H3. The topological polar surface area (TPSA) is 47.3 Å². The Morgan fingerprint density at radius 2 is 2.05 bits per heavy atom. The Morgan fingerprint density at radius 3 is 2.70 bits per heavy atom. The molecule has 0 saturated carbocycles. The molecule has 0 radical (unpaired) electrons. The quantitative estimate of drug-likeness (QED) is 0.873. The summed E-state index contributed by atoms with van der Waals surface area (Å²) in [7, 11) is 1.61. The minimum Gasteiger partial charge on any atom is -0.495 e. The van der Waals surface area contributed by atoms with Gasteiger partial charge >= 0.3 is 0 Å². The average Bonchev–Trinajstić information content (AvgIpc) is 2.48. The number of ether oxygens (including phenoxy) is 1. The van der Waals surface area contributed by atoms with Gasteiger partial charge in [0.05, 0.1) is 23.3 Å². The molecule has 0 saturated heterocycles. The van der Waals surface area contributed by atoms with Gasteiger partial charge in [-0.25, -0.2) is 4.39 Å². The highest BCUT2D eigenvalue weighted by Crippen LogP contribution is 2.28. The van der Waals surface area contributed by atoms with Crippen molar-refractivity contribution in [3.8, 4) is 5.75 Å². The molecule has 2 aromatic rings. The zero-order valence-electron chi connectivity index (χ0n) is 11.1. The van der Waals surface area contributed by atoms with Crippen LogP contribution in [0.15, 0.2) is 46.9 Å². The van der Waals surface area contributed by atoms with Crippen LogP contribution in [0, 0.1) is 5.82 Å². The molecule has 3 nitrogen and oxygen atoms in total. The lowest BCUT2D eigenvalue weighted by molar-refractivity contribution is 0.416. The van der Waals surface area contributed by atoms with Crippen LogP contribution in [-0.2, 0) is 0 Å². The van der Waals surface area contributed by atoms with Crippen LogP contribution in [0.4, 0.5) is 10.1 Å². The largest absolute Gasteiger partial charge is 0.495 e. The monoisotopic (exact) mass is 338 g/mol. The van der Waals surface area contributed by atoms with Crippen LogP contribution < -0.4 is 15.8 Å². The zero-order chi connectivity index (χ0) is 14.5. The lowest BCUT2D eigenvalue weighted by Crippen LogP contribution is -2.21. The number of methoxy groups -OCH3 is 1. The van der Waals surface area contributed by atoms with E-state index in [4.69, 9.17) is 10.5 Å². The number of para-hydroxylation sites is 2. The Morgan fingerprint density at radius 1 is 1.30 bits per heavy atom. The van der Waals surface area contributed by atoms with Crippen LogP contribution in [-0.4, -0.2) is 13.7 Å². The van der Waals surface area contributed by atoms with Crippen molar-refractivity contribution in [2.75, 3.05) is 19.0 Å². The van der Waals surface area contributed by atoms with Gasteiger partial charge in [0.1, 0.15) is 11.6 Å². The molecular formula is C15H16BrFN2O. The lowest BCUT2D eigenvalue weighted by Gasteiger charge is -2.20. The molecule has 0 aliphatic carbocycles. The van der Waals surface area contributed by atoms with E-state index in [1.54, 1.807) is 13.2 Å². The number of rotatable bonds is 5. The highest BCUT2D eigenvalue weighted by molar-refractivity contribution is 9.10. The summed E-state index contributed by atoms with van der Waals surface area (Å²) in [6.45, 7) is 0.346. The van der Waals surface area contributed by atoms with Crippen molar-refractivity contribution in [1.29, 1.82) is 0 Å². The fourth-order valence-electron chi connectivity index (χ4n) is 1.96. The van der Waals surface area contributed by atoms with E-state index in [1.165, 1.54) is 6.07 Å². The second-order valence-electron chi connectivity index (χ2n) is 4.31. The third kappa shape index (κ3) is 3.29. The molecule has 3 N–H and O–H groups in total. The highest BCUT2D eigenvalue weighted by atomic mass is 79.9. The van der Waals surface area contributed by atoms with Crippen molar-refractivity contribution >= 4 is 21.6 Å². The SMILES string of the molecule is COc1ccccc1NC(CN)c1ccc(Br)c(F)c1. The fraction of sp³-hybridized carbons (Fsp3) is 0.200. The van der Waals surface area contributed by atoms with E-state index in [1.807, 2.05) is 30.3 Å². The van der Waals surface area contributed by atoms with Gasteiger partial charge in [0, 0.05) is 6.54 Å². The van der Waals surface area contributed by atoms with E-state index in [-0.39, 0.29) is 11.9 Å². The highest BCUT2D eigenvalue weighted by Gasteiger charge is 2.13.